The van der Waals surface area contributed by atoms with E-state index in [0.717, 1.165) is 44.7 Å². The van der Waals surface area contributed by atoms with Gasteiger partial charge in [-0.15, -0.1) is 11.8 Å². The van der Waals surface area contributed by atoms with E-state index in [0.29, 0.717) is 12.4 Å². The van der Waals surface area contributed by atoms with Crippen molar-refractivity contribution in [3.63, 3.8) is 0 Å². The summed E-state index contributed by atoms with van der Waals surface area (Å²) in [6, 6.07) is 12.2. The molecule has 3 heterocycles. The lowest BCUT2D eigenvalue weighted by Gasteiger charge is -2.44. The third kappa shape index (κ3) is 3.95. The Hall–Kier alpha value is -2.72. The maximum Gasteiger partial charge on any atom is 0.416 e. The Balaban J connectivity index is 1.44. The number of hydrogen-bond donors (Lipinski definition) is 1. The lowest BCUT2D eigenvalue weighted by molar-refractivity contribution is -0.137. The number of carbonyl (C=O) groups is 1. The van der Waals surface area contributed by atoms with Crippen LogP contribution in [0.1, 0.15) is 28.8 Å². The van der Waals surface area contributed by atoms with Gasteiger partial charge in [-0.2, -0.15) is 13.2 Å². The van der Waals surface area contributed by atoms with Crippen LogP contribution in [0.25, 0.3) is 0 Å². The van der Waals surface area contributed by atoms with Gasteiger partial charge in [-0.25, -0.2) is 0 Å². The minimum Gasteiger partial charge on any atom is -0.493 e. The maximum absolute atomic E-state index is 13.0. The summed E-state index contributed by atoms with van der Waals surface area (Å²) in [6.07, 6.45) is -4.51. The molecule has 0 aliphatic carbocycles. The fraction of sp³-hybridized carbons (Fsp3) is 0.304. The van der Waals surface area contributed by atoms with Crippen molar-refractivity contribution in [2.24, 2.45) is 5.41 Å². The van der Waals surface area contributed by atoms with E-state index < -0.39 is 17.6 Å². The van der Waals surface area contributed by atoms with Gasteiger partial charge in [0.2, 0.25) is 5.91 Å². The number of hydrogen-bond acceptors (Lipinski definition) is 5. The number of fused-ring (bicyclic) bond motifs is 5. The lowest BCUT2D eigenvalue weighted by Crippen LogP contribution is -2.41. The molecule has 1 N–H and O–H groups in total. The Morgan fingerprint density at radius 3 is 2.82 bits per heavy atom. The number of halogens is 3. The fourth-order valence-corrected chi connectivity index (χ4v) is 7.18. The van der Waals surface area contributed by atoms with Crippen LogP contribution in [0.15, 0.2) is 58.4 Å². The molecule has 33 heavy (non-hydrogen) atoms. The number of carbonyl (C=O) groups excluding carboxylic acids is 1. The van der Waals surface area contributed by atoms with Crippen molar-refractivity contribution in [2.75, 3.05) is 17.7 Å². The molecule has 10 heteroatoms. The molecule has 2 aliphatic rings. The van der Waals surface area contributed by atoms with E-state index in [-0.39, 0.29) is 28.4 Å². The zero-order chi connectivity index (χ0) is 23.4. The first-order valence-electron chi connectivity index (χ1n) is 10.2. The summed E-state index contributed by atoms with van der Waals surface area (Å²) < 4.78 is 46.3. The summed E-state index contributed by atoms with van der Waals surface area (Å²) in [4.78, 5) is 26.2. The summed E-state index contributed by atoms with van der Waals surface area (Å²) in [5, 5.41) is 3.22. The Morgan fingerprint density at radius 1 is 1.24 bits per heavy atom. The molecule has 0 fully saturated rings. The number of aromatic nitrogens is 1. The molecule has 3 aromatic rings. The van der Waals surface area contributed by atoms with Gasteiger partial charge in [0.05, 0.1) is 17.2 Å². The highest BCUT2D eigenvalue weighted by Crippen LogP contribution is 2.56. The number of rotatable bonds is 3. The van der Waals surface area contributed by atoms with Crippen molar-refractivity contribution in [3.8, 4) is 5.75 Å². The Morgan fingerprint density at radius 2 is 2.03 bits per heavy atom. The molecule has 5 rings (SSSR count). The van der Waals surface area contributed by atoms with Gasteiger partial charge in [0.25, 0.3) is 0 Å². The average Bonchev–Trinajstić information content (AvgIpc) is 3.07. The van der Waals surface area contributed by atoms with Crippen LogP contribution < -0.4 is 14.9 Å². The van der Waals surface area contributed by atoms with Gasteiger partial charge in [-0.1, -0.05) is 42.5 Å². The number of amides is 1. The summed E-state index contributed by atoms with van der Waals surface area (Å²) >= 11 is 2.64. The molecular weight excluding hydrogens is 473 g/mol. The molecular formula is C23H19F3N2O3S2. The van der Waals surface area contributed by atoms with Crippen molar-refractivity contribution in [2.45, 2.75) is 30.6 Å². The molecule has 172 valence electrons. The van der Waals surface area contributed by atoms with E-state index in [1.54, 1.807) is 0 Å². The molecule has 2 aliphatic heterocycles. The Bertz CT molecular complexity index is 1300. The monoisotopic (exact) mass is 492 g/mol. The van der Waals surface area contributed by atoms with Crippen molar-refractivity contribution in [1.29, 1.82) is 0 Å². The first-order valence-corrected chi connectivity index (χ1v) is 12.0. The Labute approximate surface area is 195 Å². The molecule has 1 aromatic heterocycles. The summed E-state index contributed by atoms with van der Waals surface area (Å²) in [7, 11) is 0. The number of para-hydroxylation sites is 1. The minimum absolute atomic E-state index is 0.0239. The molecule has 0 spiro atoms. The van der Waals surface area contributed by atoms with E-state index in [4.69, 9.17) is 4.74 Å². The SMILES string of the molecule is C[C@@]12COc3ccccc3[C@@H]1c1sc(=O)n(CC(=O)Nc3cccc(C(F)(F)F)c3)c1SC2. The van der Waals surface area contributed by atoms with E-state index in [9.17, 15) is 22.8 Å². The van der Waals surface area contributed by atoms with Gasteiger partial charge in [0, 0.05) is 33.2 Å². The Kier molecular flexibility index (Phi) is 5.32. The van der Waals surface area contributed by atoms with Gasteiger partial charge in [-0.3, -0.25) is 14.2 Å². The van der Waals surface area contributed by atoms with Crippen LogP contribution in [0.3, 0.4) is 0 Å². The predicted molar refractivity (Wildman–Crippen MR) is 121 cm³/mol. The first-order chi connectivity index (χ1) is 15.7. The number of nitrogens with zero attached hydrogens (tertiary/aromatic N) is 1. The number of anilines is 1. The number of thioether (sulfide) groups is 1. The average molecular weight is 493 g/mol. The topological polar surface area (TPSA) is 60.3 Å². The van der Waals surface area contributed by atoms with Crippen LogP contribution in [-0.2, 0) is 17.5 Å². The van der Waals surface area contributed by atoms with Gasteiger partial charge >= 0.3 is 11.0 Å². The van der Waals surface area contributed by atoms with Gasteiger partial charge in [-0.05, 0) is 24.3 Å². The number of nitrogens with one attached hydrogen (secondary N) is 1. The summed E-state index contributed by atoms with van der Waals surface area (Å²) in [6.45, 7) is 2.40. The van der Waals surface area contributed by atoms with Crippen LogP contribution in [0, 0.1) is 5.41 Å². The predicted octanol–water partition coefficient (Wildman–Crippen LogP) is 5.20. The number of benzene rings is 2. The van der Waals surface area contributed by atoms with Crippen LogP contribution in [0.4, 0.5) is 18.9 Å². The third-order valence-corrected chi connectivity index (χ3v) is 8.62. The van der Waals surface area contributed by atoms with Crippen molar-refractivity contribution in [1.82, 2.24) is 4.57 Å². The molecule has 0 bridgehead atoms. The normalized spacial score (nSPS) is 21.4. The molecule has 0 radical (unpaired) electrons. The van der Waals surface area contributed by atoms with Crippen molar-refractivity contribution < 1.29 is 22.7 Å². The van der Waals surface area contributed by atoms with E-state index in [1.165, 1.54) is 28.5 Å². The highest BCUT2D eigenvalue weighted by molar-refractivity contribution is 7.99. The van der Waals surface area contributed by atoms with E-state index in [1.807, 2.05) is 24.3 Å². The fourth-order valence-electron chi connectivity index (χ4n) is 4.36. The first kappa shape index (κ1) is 22.1. The van der Waals surface area contributed by atoms with Gasteiger partial charge in [0.15, 0.2) is 0 Å². The molecule has 0 saturated heterocycles. The molecule has 0 saturated carbocycles. The van der Waals surface area contributed by atoms with Crippen LogP contribution in [0.2, 0.25) is 0 Å². The molecule has 5 nitrogen and oxygen atoms in total. The standard InChI is InChI=1S/C23H19F3N2O3S2/c1-22-11-31-16-8-3-2-7-15(16)18(22)19-20(32-12-22)28(21(30)33-19)10-17(29)27-14-6-4-5-13(9-14)23(24,25)26/h2-9,18H,10-12H2,1H3,(H,27,29)/t18-,22+/m1/s1. The molecule has 2 aromatic carbocycles. The highest BCUT2D eigenvalue weighted by Gasteiger charge is 2.47. The molecule has 1 amide bonds. The lowest BCUT2D eigenvalue weighted by atomic mass is 9.72. The second-order valence-electron chi connectivity index (χ2n) is 8.45. The summed E-state index contributed by atoms with van der Waals surface area (Å²) in [5.41, 5.74) is 0.0140. The van der Waals surface area contributed by atoms with Gasteiger partial charge < -0.3 is 10.1 Å². The quantitative estimate of drug-likeness (QED) is 0.546. The zero-order valence-electron chi connectivity index (χ0n) is 17.4. The van der Waals surface area contributed by atoms with Crippen LogP contribution in [-0.4, -0.2) is 22.8 Å². The summed E-state index contributed by atoms with van der Waals surface area (Å²) in [5.74, 6) is 0.930. The maximum atomic E-state index is 13.0. The number of thiazole rings is 1. The second-order valence-corrected chi connectivity index (χ2v) is 10.4. The molecule has 2 atom stereocenters. The van der Waals surface area contributed by atoms with Crippen molar-refractivity contribution >= 4 is 34.7 Å². The van der Waals surface area contributed by atoms with Crippen molar-refractivity contribution in [3.05, 3.63) is 74.2 Å². The smallest absolute Gasteiger partial charge is 0.416 e. The van der Waals surface area contributed by atoms with Crippen LogP contribution in [0.5, 0.6) is 5.75 Å². The van der Waals surface area contributed by atoms with Gasteiger partial charge in [0.1, 0.15) is 12.3 Å². The zero-order valence-corrected chi connectivity index (χ0v) is 19.1. The second kappa shape index (κ2) is 7.95. The largest absolute Gasteiger partial charge is 0.493 e. The number of ether oxygens (including phenoxy) is 1. The van der Waals surface area contributed by atoms with E-state index in [2.05, 4.69) is 12.2 Å². The minimum atomic E-state index is -4.51. The highest BCUT2D eigenvalue weighted by atomic mass is 32.2. The molecule has 0 unspecified atom stereocenters. The van der Waals surface area contributed by atoms with Crippen LogP contribution >= 0.6 is 23.1 Å². The number of alkyl halides is 3. The third-order valence-electron chi connectivity index (χ3n) is 5.93. The van der Waals surface area contributed by atoms with E-state index >= 15 is 0 Å².